The van der Waals surface area contributed by atoms with E-state index in [2.05, 4.69) is 15.9 Å². The number of aliphatic hydroxyl groups is 1. The van der Waals surface area contributed by atoms with Gasteiger partial charge in [0.25, 0.3) is 0 Å². The number of aliphatic hydroxyl groups excluding tert-OH is 1. The molecule has 0 atom stereocenters. The Balaban J connectivity index is 2.01. The van der Waals surface area contributed by atoms with Gasteiger partial charge in [-0.2, -0.15) is 0 Å². The summed E-state index contributed by atoms with van der Waals surface area (Å²) in [6, 6.07) is 8.20. The molecule has 1 N–H and O–H groups in total. The number of nitro groups is 1. The van der Waals surface area contributed by atoms with Crippen molar-refractivity contribution in [3.05, 3.63) is 73.5 Å². The highest BCUT2D eigenvalue weighted by Gasteiger charge is 2.32. The highest BCUT2D eigenvalue weighted by atomic mass is 79.9. The fourth-order valence-corrected chi connectivity index (χ4v) is 3.36. The van der Waals surface area contributed by atoms with E-state index >= 15 is 0 Å². The van der Waals surface area contributed by atoms with Crippen LogP contribution in [-0.2, 0) is 16.2 Å². The van der Waals surface area contributed by atoms with Gasteiger partial charge in [0.1, 0.15) is 23.8 Å². The molecule has 150 valence electrons. The van der Waals surface area contributed by atoms with E-state index in [0.29, 0.717) is 10.9 Å². The molecule has 1 saturated carbocycles. The zero-order valence-corrected chi connectivity index (χ0v) is 16.6. The predicted octanol–water partition coefficient (Wildman–Crippen LogP) is 4.67. The third-order valence-corrected chi connectivity index (χ3v) is 4.93. The number of ketones is 2. The summed E-state index contributed by atoms with van der Waals surface area (Å²) < 4.78 is 20.0. The maximum absolute atomic E-state index is 14.0. The van der Waals surface area contributed by atoms with E-state index in [9.17, 15) is 29.2 Å². The Morgan fingerprint density at radius 3 is 2.52 bits per heavy atom. The van der Waals surface area contributed by atoms with Crippen LogP contribution < -0.4 is 4.74 Å². The first-order valence-corrected chi connectivity index (χ1v) is 9.43. The number of nitro benzene ring substituents is 1. The number of allylic oxidation sites excluding steroid dienone is 1. The van der Waals surface area contributed by atoms with Crippen LogP contribution in [0.3, 0.4) is 0 Å². The molecule has 0 saturated heterocycles. The number of rotatable bonds is 5. The molecule has 1 aliphatic carbocycles. The van der Waals surface area contributed by atoms with Crippen molar-refractivity contribution in [1.82, 2.24) is 0 Å². The molecule has 0 unspecified atom stereocenters. The normalized spacial score (nSPS) is 14.1. The lowest BCUT2D eigenvalue weighted by Gasteiger charge is -2.15. The second-order valence-electron chi connectivity index (χ2n) is 6.36. The Hall–Kier alpha value is -3.07. The maximum atomic E-state index is 14.0. The lowest BCUT2D eigenvalue weighted by atomic mass is 9.89. The molecule has 3 rings (SSSR count). The van der Waals surface area contributed by atoms with Crippen LogP contribution in [-0.4, -0.2) is 21.6 Å². The molecule has 0 bridgehead atoms. The molecule has 1 fully saturated rings. The highest BCUT2D eigenvalue weighted by molar-refractivity contribution is 9.10. The molecule has 0 heterocycles. The predicted molar refractivity (Wildman–Crippen MR) is 105 cm³/mol. The van der Waals surface area contributed by atoms with E-state index in [-0.39, 0.29) is 36.3 Å². The zero-order chi connectivity index (χ0) is 21.1. The minimum atomic E-state index is -0.781. The fourth-order valence-electron chi connectivity index (χ4n) is 3.03. The van der Waals surface area contributed by atoms with Crippen molar-refractivity contribution in [2.75, 3.05) is 0 Å². The fraction of sp³-hybridized carbons (Fsp3) is 0.200. The van der Waals surface area contributed by atoms with Gasteiger partial charge in [-0.1, -0.05) is 28.1 Å². The molecule has 0 radical (unpaired) electrons. The number of ether oxygens (including phenoxy) is 1. The Morgan fingerprint density at radius 1 is 1.21 bits per heavy atom. The second kappa shape index (κ2) is 8.52. The molecule has 7 nitrogen and oxygen atoms in total. The van der Waals surface area contributed by atoms with Gasteiger partial charge in [-0.05, 0) is 30.7 Å². The molecule has 29 heavy (non-hydrogen) atoms. The van der Waals surface area contributed by atoms with E-state index in [4.69, 9.17) is 4.74 Å². The summed E-state index contributed by atoms with van der Waals surface area (Å²) >= 11 is 3.14. The topological polar surface area (TPSA) is 107 Å². The molecule has 0 aromatic heterocycles. The van der Waals surface area contributed by atoms with Crippen molar-refractivity contribution in [3.63, 3.8) is 0 Å². The average molecular weight is 464 g/mol. The molecule has 2 aromatic carbocycles. The van der Waals surface area contributed by atoms with Crippen LogP contribution in [0.25, 0.3) is 5.76 Å². The summed E-state index contributed by atoms with van der Waals surface area (Å²) in [4.78, 5) is 35.0. The van der Waals surface area contributed by atoms with Gasteiger partial charge in [0, 0.05) is 22.9 Å². The third kappa shape index (κ3) is 4.34. The molecule has 0 spiro atoms. The Morgan fingerprint density at radius 2 is 1.90 bits per heavy atom. The number of Topliss-reactive ketones (excluding diaryl/α,β-unsaturated/α-hetero) is 2. The van der Waals surface area contributed by atoms with E-state index in [1.54, 1.807) is 6.07 Å². The lowest BCUT2D eigenvalue weighted by Crippen LogP contribution is -2.20. The monoisotopic (exact) mass is 463 g/mol. The Labute approximate surface area is 173 Å². The summed E-state index contributed by atoms with van der Waals surface area (Å²) in [6.45, 7) is -0.293. The lowest BCUT2D eigenvalue weighted by molar-refractivity contribution is -0.386. The van der Waals surface area contributed by atoms with E-state index < -0.39 is 39.3 Å². The van der Waals surface area contributed by atoms with Crippen molar-refractivity contribution in [3.8, 4) is 5.75 Å². The number of carbonyl (C=O) groups excluding carboxylic acids is 2. The van der Waals surface area contributed by atoms with Gasteiger partial charge in [0.2, 0.25) is 0 Å². The Bertz CT molecular complexity index is 1030. The number of nitrogens with zero attached hydrogens (tertiary/aromatic N) is 1. The van der Waals surface area contributed by atoms with Gasteiger partial charge in [0.05, 0.1) is 10.5 Å². The third-order valence-electron chi connectivity index (χ3n) is 4.44. The number of para-hydroxylation sites is 1. The average Bonchev–Trinajstić information content (AvgIpc) is 2.66. The van der Waals surface area contributed by atoms with Crippen LogP contribution in [0, 0.1) is 15.9 Å². The molecule has 9 heteroatoms. The molecular weight excluding hydrogens is 449 g/mol. The van der Waals surface area contributed by atoms with Crippen molar-refractivity contribution >= 4 is 38.9 Å². The molecule has 0 amide bonds. The van der Waals surface area contributed by atoms with Crippen molar-refractivity contribution < 1.29 is 28.7 Å². The van der Waals surface area contributed by atoms with Gasteiger partial charge in [-0.25, -0.2) is 4.39 Å². The summed E-state index contributed by atoms with van der Waals surface area (Å²) in [7, 11) is 0. The van der Waals surface area contributed by atoms with Gasteiger partial charge < -0.3 is 9.84 Å². The van der Waals surface area contributed by atoms with Crippen LogP contribution in [0.15, 0.2) is 46.4 Å². The summed E-state index contributed by atoms with van der Waals surface area (Å²) in [5.41, 5.74) is -1.17. The molecule has 0 aliphatic heterocycles. The number of hydrogen-bond acceptors (Lipinski definition) is 6. The largest absolute Gasteiger partial charge is 0.506 e. The second-order valence-corrected chi connectivity index (χ2v) is 7.27. The van der Waals surface area contributed by atoms with Gasteiger partial charge in [0.15, 0.2) is 17.3 Å². The first-order chi connectivity index (χ1) is 13.8. The number of carbonyl (C=O) groups is 2. The maximum Gasteiger partial charge on any atom is 0.321 e. The smallest absolute Gasteiger partial charge is 0.321 e. The van der Waals surface area contributed by atoms with E-state index in [1.807, 2.05) is 0 Å². The molecular formula is C20H15BrFNO6. The zero-order valence-electron chi connectivity index (χ0n) is 15.0. The van der Waals surface area contributed by atoms with Crippen molar-refractivity contribution in [2.24, 2.45) is 0 Å². The van der Waals surface area contributed by atoms with E-state index in [1.165, 1.54) is 30.3 Å². The Kier molecular flexibility index (Phi) is 6.07. The van der Waals surface area contributed by atoms with Crippen LogP contribution in [0.4, 0.5) is 10.1 Å². The quantitative estimate of drug-likeness (QED) is 0.227. The number of hydrogen-bond donors (Lipinski definition) is 1. The molecule has 2 aromatic rings. The summed E-state index contributed by atoms with van der Waals surface area (Å²) in [6.07, 6.45) is 0.536. The highest BCUT2D eigenvalue weighted by Crippen LogP contribution is 2.37. The summed E-state index contributed by atoms with van der Waals surface area (Å²) in [5.74, 6) is -2.64. The summed E-state index contributed by atoms with van der Waals surface area (Å²) in [5, 5.41) is 22.2. The van der Waals surface area contributed by atoms with Crippen molar-refractivity contribution in [2.45, 2.75) is 25.9 Å². The SMILES string of the molecule is O=C1CCCC(=O)C1=C(O)c1cccc(OCc2ccc(Br)cc2F)c1[N+](=O)[O-]. The van der Waals surface area contributed by atoms with Gasteiger partial charge in [-0.15, -0.1) is 0 Å². The first kappa shape index (κ1) is 20.7. The van der Waals surface area contributed by atoms with Crippen LogP contribution in [0.2, 0.25) is 0 Å². The standard InChI is InChI=1S/C20H15BrFNO6/c21-12-8-7-11(14(22)9-12)10-29-17-6-1-3-13(19(17)23(27)28)20(26)18-15(24)4-2-5-16(18)25/h1,3,6-9,26H,2,4-5,10H2. The van der Waals surface area contributed by atoms with Crippen LogP contribution in [0.1, 0.15) is 30.4 Å². The minimum absolute atomic E-state index is 0.0813. The number of benzene rings is 2. The first-order valence-electron chi connectivity index (χ1n) is 8.63. The van der Waals surface area contributed by atoms with Crippen LogP contribution in [0.5, 0.6) is 5.75 Å². The van der Waals surface area contributed by atoms with Gasteiger partial charge >= 0.3 is 5.69 Å². The molecule has 1 aliphatic rings. The van der Waals surface area contributed by atoms with Crippen molar-refractivity contribution in [1.29, 1.82) is 0 Å². The van der Waals surface area contributed by atoms with Crippen LogP contribution >= 0.6 is 15.9 Å². The number of halogens is 2. The van der Waals surface area contributed by atoms with Gasteiger partial charge in [-0.3, -0.25) is 19.7 Å². The van der Waals surface area contributed by atoms with E-state index in [0.717, 1.165) is 0 Å². The minimum Gasteiger partial charge on any atom is -0.506 e.